The van der Waals surface area contributed by atoms with E-state index in [1.807, 2.05) is 36.6 Å². The molecule has 8 nitrogen and oxygen atoms in total. The first-order valence-electron chi connectivity index (χ1n) is 8.98. The van der Waals surface area contributed by atoms with Crippen molar-refractivity contribution in [3.63, 3.8) is 0 Å². The van der Waals surface area contributed by atoms with Crippen molar-refractivity contribution < 1.29 is 14.5 Å². The van der Waals surface area contributed by atoms with Crippen LogP contribution in [0.1, 0.15) is 23.7 Å². The minimum atomic E-state index is -0.536. The lowest BCUT2D eigenvalue weighted by atomic mass is 10.1. The number of anilines is 2. The Labute approximate surface area is 171 Å². The molecule has 3 rings (SSSR count). The number of hydrogen-bond donors (Lipinski definition) is 2. The van der Waals surface area contributed by atoms with Gasteiger partial charge in [-0.25, -0.2) is 4.98 Å². The second kappa shape index (κ2) is 9.16. The number of rotatable bonds is 8. The van der Waals surface area contributed by atoms with Crippen LogP contribution in [-0.2, 0) is 0 Å². The van der Waals surface area contributed by atoms with Crippen LogP contribution in [0, 0.1) is 10.1 Å². The summed E-state index contributed by atoms with van der Waals surface area (Å²) >= 11 is 1.28. The van der Waals surface area contributed by atoms with Crippen LogP contribution in [0.15, 0.2) is 47.8 Å². The Bertz CT molecular complexity index is 1020. The lowest BCUT2D eigenvalue weighted by Crippen LogP contribution is -2.14. The van der Waals surface area contributed by atoms with Crippen LogP contribution in [0.4, 0.5) is 16.5 Å². The van der Waals surface area contributed by atoms with Crippen LogP contribution in [0.25, 0.3) is 11.3 Å². The van der Waals surface area contributed by atoms with Gasteiger partial charge in [0.1, 0.15) is 5.75 Å². The molecule has 2 N–H and O–H groups in total. The van der Waals surface area contributed by atoms with E-state index in [1.165, 1.54) is 29.5 Å². The summed E-state index contributed by atoms with van der Waals surface area (Å²) in [4.78, 5) is 27.6. The van der Waals surface area contributed by atoms with Crippen molar-refractivity contribution in [3.05, 3.63) is 63.5 Å². The van der Waals surface area contributed by atoms with Crippen LogP contribution in [0.2, 0.25) is 0 Å². The number of amides is 1. The Morgan fingerprint density at radius 3 is 2.66 bits per heavy atom. The topological polar surface area (TPSA) is 106 Å². The van der Waals surface area contributed by atoms with Gasteiger partial charge in [-0.3, -0.25) is 20.2 Å². The van der Waals surface area contributed by atoms with Crippen molar-refractivity contribution in [3.8, 4) is 17.0 Å². The SMILES string of the molecule is CCCOc1ccc(-c2csc(NC(=O)c3cc([N+](=O)[O-])ccc3NC)n2)cc1. The van der Waals surface area contributed by atoms with Gasteiger partial charge < -0.3 is 10.1 Å². The standard InChI is InChI=1S/C20H20N4O4S/c1-3-10-28-15-7-4-13(5-8-15)18-12-29-20(22-18)23-19(25)16-11-14(24(26)27)6-9-17(16)21-2/h4-9,11-12,21H,3,10H2,1-2H3,(H,22,23,25). The maximum Gasteiger partial charge on any atom is 0.270 e. The summed E-state index contributed by atoms with van der Waals surface area (Å²) in [7, 11) is 1.65. The van der Waals surface area contributed by atoms with E-state index in [9.17, 15) is 14.9 Å². The lowest BCUT2D eigenvalue weighted by molar-refractivity contribution is -0.384. The van der Waals surface area contributed by atoms with Gasteiger partial charge in [0.2, 0.25) is 0 Å². The molecular formula is C20H20N4O4S. The average Bonchev–Trinajstić information content (AvgIpc) is 3.20. The number of nitrogens with zero attached hydrogens (tertiary/aromatic N) is 2. The quantitative estimate of drug-likeness (QED) is 0.406. The summed E-state index contributed by atoms with van der Waals surface area (Å²) in [6.45, 7) is 2.71. The highest BCUT2D eigenvalue weighted by atomic mass is 32.1. The van der Waals surface area contributed by atoms with Crippen molar-refractivity contribution in [2.75, 3.05) is 24.3 Å². The molecule has 9 heteroatoms. The zero-order valence-corrected chi connectivity index (χ0v) is 16.8. The van der Waals surface area contributed by atoms with Crippen LogP contribution >= 0.6 is 11.3 Å². The molecular weight excluding hydrogens is 392 g/mol. The predicted octanol–water partition coefficient (Wildman–Crippen LogP) is 4.80. The minimum Gasteiger partial charge on any atom is -0.494 e. The van der Waals surface area contributed by atoms with Gasteiger partial charge in [-0.1, -0.05) is 6.92 Å². The second-order valence-electron chi connectivity index (χ2n) is 6.10. The monoisotopic (exact) mass is 412 g/mol. The number of nitro groups is 1. The van der Waals surface area contributed by atoms with Gasteiger partial charge in [-0.05, 0) is 36.8 Å². The van der Waals surface area contributed by atoms with Crippen molar-refractivity contribution in [1.29, 1.82) is 0 Å². The summed E-state index contributed by atoms with van der Waals surface area (Å²) in [6.07, 6.45) is 0.941. The van der Waals surface area contributed by atoms with Gasteiger partial charge in [0.15, 0.2) is 5.13 Å². The van der Waals surface area contributed by atoms with E-state index >= 15 is 0 Å². The molecule has 150 valence electrons. The Kier molecular flexibility index (Phi) is 6.40. The molecule has 1 aromatic heterocycles. The molecule has 29 heavy (non-hydrogen) atoms. The summed E-state index contributed by atoms with van der Waals surface area (Å²) in [5, 5.41) is 18.8. The molecule has 1 amide bonds. The van der Waals surface area contributed by atoms with Gasteiger partial charge in [0, 0.05) is 35.8 Å². The number of non-ortho nitro benzene ring substituents is 1. The third kappa shape index (κ3) is 4.88. The Morgan fingerprint density at radius 2 is 2.00 bits per heavy atom. The molecule has 2 aromatic carbocycles. The highest BCUT2D eigenvalue weighted by Crippen LogP contribution is 2.28. The Hall–Kier alpha value is -3.46. The predicted molar refractivity (Wildman–Crippen MR) is 114 cm³/mol. The van der Waals surface area contributed by atoms with E-state index in [0.717, 1.165) is 23.4 Å². The highest BCUT2D eigenvalue weighted by molar-refractivity contribution is 7.14. The number of aromatic nitrogens is 1. The molecule has 0 unspecified atom stereocenters. The molecule has 0 fully saturated rings. The Balaban J connectivity index is 1.75. The molecule has 0 bridgehead atoms. The van der Waals surface area contributed by atoms with E-state index in [0.29, 0.717) is 17.4 Å². The molecule has 0 saturated carbocycles. The molecule has 0 saturated heterocycles. The van der Waals surface area contributed by atoms with Crippen LogP contribution < -0.4 is 15.4 Å². The second-order valence-corrected chi connectivity index (χ2v) is 6.96. The molecule has 0 aliphatic carbocycles. The Morgan fingerprint density at radius 1 is 1.24 bits per heavy atom. The third-order valence-electron chi connectivity index (χ3n) is 4.08. The zero-order chi connectivity index (χ0) is 20.8. The summed E-state index contributed by atoms with van der Waals surface area (Å²) < 4.78 is 5.57. The fraction of sp³-hybridized carbons (Fsp3) is 0.200. The number of nitro benzene ring substituents is 1. The number of thiazole rings is 1. The summed E-state index contributed by atoms with van der Waals surface area (Å²) in [5.74, 6) is 0.326. The number of carbonyl (C=O) groups excluding carboxylic acids is 1. The first-order valence-corrected chi connectivity index (χ1v) is 9.86. The van der Waals surface area contributed by atoms with Crippen molar-refractivity contribution in [2.24, 2.45) is 0 Å². The largest absolute Gasteiger partial charge is 0.494 e. The van der Waals surface area contributed by atoms with E-state index in [4.69, 9.17) is 4.74 Å². The minimum absolute atomic E-state index is 0.153. The van der Waals surface area contributed by atoms with Crippen LogP contribution in [0.3, 0.4) is 0 Å². The molecule has 0 radical (unpaired) electrons. The first kappa shape index (κ1) is 20.3. The van der Waals surface area contributed by atoms with Gasteiger partial charge >= 0.3 is 0 Å². The van der Waals surface area contributed by atoms with Gasteiger partial charge in [-0.15, -0.1) is 11.3 Å². The fourth-order valence-electron chi connectivity index (χ4n) is 2.62. The van der Waals surface area contributed by atoms with Crippen molar-refractivity contribution >= 4 is 33.8 Å². The zero-order valence-electron chi connectivity index (χ0n) is 16.0. The summed E-state index contributed by atoms with van der Waals surface area (Å²) in [6, 6.07) is 11.7. The molecule has 0 atom stereocenters. The molecule has 0 spiro atoms. The van der Waals surface area contributed by atoms with E-state index in [1.54, 1.807) is 7.05 Å². The molecule has 0 aliphatic rings. The smallest absolute Gasteiger partial charge is 0.270 e. The maximum absolute atomic E-state index is 12.6. The third-order valence-corrected chi connectivity index (χ3v) is 4.83. The van der Waals surface area contributed by atoms with Gasteiger partial charge in [0.25, 0.3) is 11.6 Å². The fourth-order valence-corrected chi connectivity index (χ4v) is 3.34. The average molecular weight is 412 g/mol. The van der Waals surface area contributed by atoms with Gasteiger partial charge in [0.05, 0.1) is 22.8 Å². The highest BCUT2D eigenvalue weighted by Gasteiger charge is 2.17. The van der Waals surface area contributed by atoms with E-state index in [2.05, 4.69) is 15.6 Å². The number of benzene rings is 2. The van der Waals surface area contributed by atoms with E-state index in [-0.39, 0.29) is 11.3 Å². The van der Waals surface area contributed by atoms with Crippen LogP contribution in [-0.4, -0.2) is 29.5 Å². The lowest BCUT2D eigenvalue weighted by Gasteiger charge is -2.08. The van der Waals surface area contributed by atoms with Crippen molar-refractivity contribution in [1.82, 2.24) is 4.98 Å². The molecule has 1 heterocycles. The first-order chi connectivity index (χ1) is 14.0. The normalized spacial score (nSPS) is 10.4. The number of ether oxygens (including phenoxy) is 1. The molecule has 3 aromatic rings. The number of hydrogen-bond acceptors (Lipinski definition) is 7. The van der Waals surface area contributed by atoms with Crippen molar-refractivity contribution in [2.45, 2.75) is 13.3 Å². The number of carbonyl (C=O) groups is 1. The molecule has 0 aliphatic heterocycles. The van der Waals surface area contributed by atoms with E-state index < -0.39 is 10.8 Å². The summed E-state index contributed by atoms with van der Waals surface area (Å²) in [5.41, 5.74) is 2.14. The maximum atomic E-state index is 12.6. The van der Waals surface area contributed by atoms with Crippen LogP contribution in [0.5, 0.6) is 5.75 Å². The van der Waals surface area contributed by atoms with Gasteiger partial charge in [-0.2, -0.15) is 0 Å². The number of nitrogens with one attached hydrogen (secondary N) is 2.